The molecule has 0 saturated carbocycles. The monoisotopic (exact) mass is 350 g/mol. The topological polar surface area (TPSA) is 23.6 Å². The van der Waals surface area contributed by atoms with Crippen LogP contribution in [-0.4, -0.2) is 37.0 Å². The predicted octanol–water partition coefficient (Wildman–Crippen LogP) is 3.51. The number of piperazine rings is 1. The predicted molar refractivity (Wildman–Crippen MR) is 90.3 cm³/mol. The number of hydrogen-bond acceptors (Lipinski definition) is 2. The molecule has 126 valence electrons. The molecule has 0 atom stereocenters. The van der Waals surface area contributed by atoms with Gasteiger partial charge in [0.15, 0.2) is 0 Å². The summed E-state index contributed by atoms with van der Waals surface area (Å²) in [6.07, 6.45) is 0.0273. The lowest BCUT2D eigenvalue weighted by atomic mass is 10.1. The first-order valence-electron chi connectivity index (χ1n) is 7.75. The zero-order valence-electron chi connectivity index (χ0n) is 13.0. The molecule has 3 rings (SSSR count). The van der Waals surface area contributed by atoms with Crippen LogP contribution in [0.3, 0.4) is 0 Å². The zero-order chi connectivity index (χ0) is 17.1. The highest BCUT2D eigenvalue weighted by atomic mass is 35.5. The van der Waals surface area contributed by atoms with Crippen LogP contribution in [0.25, 0.3) is 0 Å². The molecule has 0 aliphatic carbocycles. The van der Waals surface area contributed by atoms with Crippen LogP contribution < -0.4 is 4.90 Å². The van der Waals surface area contributed by atoms with Gasteiger partial charge in [0, 0.05) is 36.9 Å². The SMILES string of the molecule is O=C(Cc1ccc(Cl)cc1F)N1CCN(c2ccc(F)cc2)CC1. The Bertz CT molecular complexity index is 728. The second kappa shape index (κ2) is 7.18. The van der Waals surface area contributed by atoms with E-state index in [1.165, 1.54) is 18.2 Å². The van der Waals surface area contributed by atoms with E-state index >= 15 is 0 Å². The van der Waals surface area contributed by atoms with E-state index in [9.17, 15) is 13.6 Å². The van der Waals surface area contributed by atoms with E-state index in [1.807, 2.05) is 0 Å². The fourth-order valence-corrected chi connectivity index (χ4v) is 2.96. The van der Waals surface area contributed by atoms with Gasteiger partial charge in [0.25, 0.3) is 0 Å². The van der Waals surface area contributed by atoms with E-state index in [1.54, 1.807) is 29.2 Å². The van der Waals surface area contributed by atoms with Gasteiger partial charge < -0.3 is 9.80 Å². The molecule has 0 unspecified atom stereocenters. The Morgan fingerprint density at radius 2 is 1.67 bits per heavy atom. The van der Waals surface area contributed by atoms with Crippen LogP contribution in [0.2, 0.25) is 5.02 Å². The number of carbonyl (C=O) groups is 1. The van der Waals surface area contributed by atoms with Crippen molar-refractivity contribution in [3.63, 3.8) is 0 Å². The van der Waals surface area contributed by atoms with Crippen molar-refractivity contribution in [1.82, 2.24) is 4.90 Å². The van der Waals surface area contributed by atoms with Crippen molar-refractivity contribution in [2.75, 3.05) is 31.1 Å². The fraction of sp³-hybridized carbons (Fsp3) is 0.278. The van der Waals surface area contributed by atoms with E-state index in [0.717, 1.165) is 5.69 Å². The van der Waals surface area contributed by atoms with E-state index < -0.39 is 5.82 Å². The molecule has 0 spiro atoms. The summed E-state index contributed by atoms with van der Waals surface area (Å²) < 4.78 is 26.8. The molecule has 24 heavy (non-hydrogen) atoms. The Labute approximate surface area is 144 Å². The number of benzene rings is 2. The molecule has 0 N–H and O–H groups in total. The van der Waals surface area contributed by atoms with Crippen LogP contribution in [0.4, 0.5) is 14.5 Å². The molecule has 1 amide bonds. The molecule has 1 heterocycles. The first-order chi connectivity index (χ1) is 11.5. The first-order valence-corrected chi connectivity index (χ1v) is 8.13. The minimum atomic E-state index is -0.458. The number of halogens is 3. The summed E-state index contributed by atoms with van der Waals surface area (Å²) in [7, 11) is 0. The maximum Gasteiger partial charge on any atom is 0.227 e. The third-order valence-electron chi connectivity index (χ3n) is 4.18. The maximum atomic E-state index is 13.8. The van der Waals surface area contributed by atoms with E-state index in [2.05, 4.69) is 4.90 Å². The van der Waals surface area contributed by atoms with Gasteiger partial charge in [-0.15, -0.1) is 0 Å². The molecule has 3 nitrogen and oxygen atoms in total. The van der Waals surface area contributed by atoms with Crippen LogP contribution in [0.5, 0.6) is 0 Å². The smallest absolute Gasteiger partial charge is 0.227 e. The molecule has 0 bridgehead atoms. The highest BCUT2D eigenvalue weighted by Crippen LogP contribution is 2.19. The third-order valence-corrected chi connectivity index (χ3v) is 4.42. The summed E-state index contributed by atoms with van der Waals surface area (Å²) in [5.41, 5.74) is 1.29. The number of rotatable bonds is 3. The van der Waals surface area contributed by atoms with Crippen molar-refractivity contribution in [3.05, 3.63) is 64.7 Å². The van der Waals surface area contributed by atoms with E-state index in [0.29, 0.717) is 36.8 Å². The Balaban J connectivity index is 1.58. The van der Waals surface area contributed by atoms with Crippen molar-refractivity contribution in [2.45, 2.75) is 6.42 Å². The van der Waals surface area contributed by atoms with Gasteiger partial charge in [-0.25, -0.2) is 8.78 Å². The van der Waals surface area contributed by atoms with Crippen molar-refractivity contribution < 1.29 is 13.6 Å². The molecular weight excluding hydrogens is 334 g/mol. The van der Waals surface area contributed by atoms with Crippen LogP contribution >= 0.6 is 11.6 Å². The molecule has 2 aromatic carbocycles. The molecule has 0 radical (unpaired) electrons. The van der Waals surface area contributed by atoms with Crippen molar-refractivity contribution in [3.8, 4) is 0 Å². The van der Waals surface area contributed by atoms with Crippen molar-refractivity contribution in [1.29, 1.82) is 0 Å². The Morgan fingerprint density at radius 1 is 1.00 bits per heavy atom. The second-order valence-electron chi connectivity index (χ2n) is 5.76. The quantitative estimate of drug-likeness (QED) is 0.845. The second-order valence-corrected chi connectivity index (χ2v) is 6.19. The van der Waals surface area contributed by atoms with Crippen molar-refractivity contribution >= 4 is 23.2 Å². The summed E-state index contributed by atoms with van der Waals surface area (Å²) in [5.74, 6) is -0.826. The summed E-state index contributed by atoms with van der Waals surface area (Å²) in [6, 6.07) is 10.7. The summed E-state index contributed by atoms with van der Waals surface area (Å²) >= 11 is 5.72. The molecule has 6 heteroatoms. The van der Waals surface area contributed by atoms with Gasteiger partial charge in [-0.2, -0.15) is 0 Å². The molecular formula is C18H17ClF2N2O. The van der Waals surface area contributed by atoms with Crippen LogP contribution in [0.1, 0.15) is 5.56 Å². The largest absolute Gasteiger partial charge is 0.368 e. The van der Waals surface area contributed by atoms with Gasteiger partial charge in [-0.3, -0.25) is 4.79 Å². The van der Waals surface area contributed by atoms with Gasteiger partial charge >= 0.3 is 0 Å². The number of amides is 1. The van der Waals surface area contributed by atoms with Crippen LogP contribution in [0.15, 0.2) is 42.5 Å². The van der Waals surface area contributed by atoms with E-state index in [4.69, 9.17) is 11.6 Å². The minimum absolute atomic E-state index is 0.0273. The van der Waals surface area contributed by atoms with Gasteiger partial charge in [-0.1, -0.05) is 17.7 Å². The lowest BCUT2D eigenvalue weighted by molar-refractivity contribution is -0.130. The average molecular weight is 351 g/mol. The molecule has 1 fully saturated rings. The Kier molecular flexibility index (Phi) is 5.00. The lowest BCUT2D eigenvalue weighted by Gasteiger charge is -2.36. The highest BCUT2D eigenvalue weighted by molar-refractivity contribution is 6.30. The standard InChI is InChI=1S/C18H17ClF2N2O/c19-14-2-1-13(17(21)12-14)11-18(24)23-9-7-22(8-10-23)16-5-3-15(20)4-6-16/h1-6,12H,7-11H2. The molecule has 1 aliphatic rings. The van der Waals surface area contributed by atoms with Gasteiger partial charge in [0.05, 0.1) is 6.42 Å². The van der Waals surface area contributed by atoms with Crippen molar-refractivity contribution in [2.24, 2.45) is 0 Å². The maximum absolute atomic E-state index is 13.8. The number of nitrogens with zero attached hydrogens (tertiary/aromatic N) is 2. The fourth-order valence-electron chi connectivity index (χ4n) is 2.81. The highest BCUT2D eigenvalue weighted by Gasteiger charge is 2.22. The summed E-state index contributed by atoms with van der Waals surface area (Å²) in [6.45, 7) is 2.46. The van der Waals surface area contributed by atoms with E-state index in [-0.39, 0.29) is 18.1 Å². The minimum Gasteiger partial charge on any atom is -0.368 e. The summed E-state index contributed by atoms with van der Waals surface area (Å²) in [4.78, 5) is 16.2. The lowest BCUT2D eigenvalue weighted by Crippen LogP contribution is -2.49. The molecule has 1 aliphatic heterocycles. The normalized spacial score (nSPS) is 14.8. The molecule has 2 aromatic rings. The zero-order valence-corrected chi connectivity index (χ0v) is 13.8. The molecule has 0 aromatic heterocycles. The van der Waals surface area contributed by atoms with Gasteiger partial charge in [-0.05, 0) is 42.0 Å². The van der Waals surface area contributed by atoms with Crippen LogP contribution in [0, 0.1) is 11.6 Å². The van der Waals surface area contributed by atoms with Gasteiger partial charge in [0.2, 0.25) is 5.91 Å². The molecule has 1 saturated heterocycles. The number of anilines is 1. The number of hydrogen-bond donors (Lipinski definition) is 0. The summed E-state index contributed by atoms with van der Waals surface area (Å²) in [5, 5.41) is 0.316. The van der Waals surface area contributed by atoms with Crippen LogP contribution in [-0.2, 0) is 11.2 Å². The Hall–Kier alpha value is -2.14. The first kappa shape index (κ1) is 16.7. The average Bonchev–Trinajstić information content (AvgIpc) is 2.58. The Morgan fingerprint density at radius 3 is 2.29 bits per heavy atom. The van der Waals surface area contributed by atoms with Gasteiger partial charge in [0.1, 0.15) is 11.6 Å². The third kappa shape index (κ3) is 3.85. The number of carbonyl (C=O) groups excluding carboxylic acids is 1.